The molecule has 1 aromatic heterocycles. The van der Waals surface area contributed by atoms with Gasteiger partial charge in [0.05, 0.1) is 16.6 Å². The summed E-state index contributed by atoms with van der Waals surface area (Å²) in [6.07, 6.45) is -2.87. The van der Waals surface area contributed by atoms with Crippen molar-refractivity contribution in [1.29, 1.82) is 0 Å². The van der Waals surface area contributed by atoms with Crippen molar-refractivity contribution in [3.05, 3.63) is 51.5 Å². The molecule has 0 saturated heterocycles. The highest BCUT2D eigenvalue weighted by Gasteiger charge is 2.35. The van der Waals surface area contributed by atoms with Crippen LogP contribution in [0.2, 0.25) is 0 Å². The van der Waals surface area contributed by atoms with Crippen molar-refractivity contribution < 1.29 is 13.2 Å². The highest BCUT2D eigenvalue weighted by Crippen LogP contribution is 2.37. The molecule has 0 amide bonds. The summed E-state index contributed by atoms with van der Waals surface area (Å²) in [5.74, 6) is 5.42. The summed E-state index contributed by atoms with van der Waals surface area (Å²) in [5.41, 5.74) is 1.84. The molecule has 1 atom stereocenters. The molecule has 2 aromatic rings. The molecule has 0 spiro atoms. The Morgan fingerprint density at radius 1 is 1.32 bits per heavy atom. The number of hydrogen-bond donors (Lipinski definition) is 2. The van der Waals surface area contributed by atoms with Crippen molar-refractivity contribution in [2.75, 3.05) is 0 Å². The highest BCUT2D eigenvalue weighted by molar-refractivity contribution is 7.11. The molecule has 0 saturated carbocycles. The molecule has 19 heavy (non-hydrogen) atoms. The maximum absolute atomic E-state index is 13.0. The largest absolute Gasteiger partial charge is 0.416 e. The molecule has 0 aliphatic heterocycles. The van der Waals surface area contributed by atoms with E-state index in [1.165, 1.54) is 29.7 Å². The van der Waals surface area contributed by atoms with Crippen LogP contribution in [-0.4, -0.2) is 4.98 Å². The van der Waals surface area contributed by atoms with Gasteiger partial charge in [-0.25, -0.2) is 10.4 Å². The van der Waals surface area contributed by atoms with E-state index in [2.05, 4.69) is 10.4 Å². The molecule has 7 heteroatoms. The highest BCUT2D eigenvalue weighted by atomic mass is 32.1. The van der Waals surface area contributed by atoms with Crippen LogP contribution in [-0.2, 0) is 6.18 Å². The average Bonchev–Trinajstić information content (AvgIpc) is 2.76. The molecule has 0 aliphatic rings. The predicted octanol–water partition coefficient (Wildman–Crippen LogP) is 3.02. The Morgan fingerprint density at radius 3 is 2.53 bits per heavy atom. The summed E-state index contributed by atoms with van der Waals surface area (Å²) in [7, 11) is 0. The smallest absolute Gasteiger partial charge is 0.271 e. The Balaban J connectivity index is 2.50. The van der Waals surface area contributed by atoms with Crippen LogP contribution in [0.25, 0.3) is 0 Å². The molecule has 3 N–H and O–H groups in total. The van der Waals surface area contributed by atoms with Gasteiger partial charge in [0.15, 0.2) is 0 Å². The number of hydrogen-bond acceptors (Lipinski definition) is 4. The molecular weight excluding hydrogens is 275 g/mol. The molecule has 2 rings (SSSR count). The van der Waals surface area contributed by atoms with Crippen LogP contribution in [0.5, 0.6) is 0 Å². The number of thiazole rings is 1. The molecule has 1 heterocycles. The monoisotopic (exact) mass is 287 g/mol. The standard InChI is InChI=1S/C12H12F3N3S/c1-7-17-6-10(19-7)11(18-16)8-4-2-3-5-9(8)12(13,14)15/h2-6,11,18H,16H2,1H3. The second-order valence-electron chi connectivity index (χ2n) is 3.97. The molecule has 102 valence electrons. The Kier molecular flexibility index (Phi) is 3.88. The van der Waals surface area contributed by atoms with Gasteiger partial charge in [0.2, 0.25) is 0 Å². The maximum Gasteiger partial charge on any atom is 0.416 e. The van der Waals surface area contributed by atoms with Gasteiger partial charge in [-0.2, -0.15) is 13.2 Å². The summed E-state index contributed by atoms with van der Waals surface area (Å²) in [6, 6.07) is 4.67. The van der Waals surface area contributed by atoms with Crippen LogP contribution in [0.3, 0.4) is 0 Å². The summed E-state index contributed by atoms with van der Waals surface area (Å²) in [5, 5.41) is 0.778. The third-order valence-electron chi connectivity index (χ3n) is 2.67. The lowest BCUT2D eigenvalue weighted by atomic mass is 9.99. The van der Waals surface area contributed by atoms with E-state index in [0.29, 0.717) is 4.88 Å². The Morgan fingerprint density at radius 2 is 2.00 bits per heavy atom. The van der Waals surface area contributed by atoms with E-state index in [0.717, 1.165) is 11.1 Å². The van der Waals surface area contributed by atoms with Gasteiger partial charge < -0.3 is 0 Å². The van der Waals surface area contributed by atoms with Crippen LogP contribution in [0.15, 0.2) is 30.5 Å². The van der Waals surface area contributed by atoms with Gasteiger partial charge in [-0.1, -0.05) is 18.2 Å². The fourth-order valence-electron chi connectivity index (χ4n) is 1.84. The van der Waals surface area contributed by atoms with E-state index < -0.39 is 17.8 Å². The van der Waals surface area contributed by atoms with E-state index in [1.54, 1.807) is 13.0 Å². The van der Waals surface area contributed by atoms with Gasteiger partial charge in [0, 0.05) is 11.1 Å². The minimum atomic E-state index is -4.41. The third kappa shape index (κ3) is 2.94. The molecule has 1 aromatic carbocycles. The lowest BCUT2D eigenvalue weighted by Gasteiger charge is -2.19. The fourth-order valence-corrected chi connectivity index (χ4v) is 2.71. The van der Waals surface area contributed by atoms with Gasteiger partial charge in [-0.15, -0.1) is 11.3 Å². The number of nitrogens with two attached hydrogens (primary N) is 1. The number of nitrogens with one attached hydrogen (secondary N) is 1. The van der Waals surface area contributed by atoms with Crippen LogP contribution in [0.1, 0.15) is 27.1 Å². The zero-order chi connectivity index (χ0) is 14.0. The minimum Gasteiger partial charge on any atom is -0.271 e. The number of aromatic nitrogens is 1. The summed E-state index contributed by atoms with van der Waals surface area (Å²) < 4.78 is 39.0. The second-order valence-corrected chi connectivity index (χ2v) is 5.23. The first kappa shape index (κ1) is 14.0. The quantitative estimate of drug-likeness (QED) is 0.674. The Bertz CT molecular complexity index is 565. The van der Waals surface area contributed by atoms with Crippen molar-refractivity contribution >= 4 is 11.3 Å². The number of halogens is 3. The third-order valence-corrected chi connectivity index (χ3v) is 3.65. The SMILES string of the molecule is Cc1ncc(C(NN)c2ccccc2C(F)(F)F)s1. The number of rotatable bonds is 3. The first-order chi connectivity index (χ1) is 8.93. The summed E-state index contributed by atoms with van der Waals surface area (Å²) in [6.45, 7) is 1.79. The van der Waals surface area contributed by atoms with Gasteiger partial charge in [-0.3, -0.25) is 5.84 Å². The predicted molar refractivity (Wildman–Crippen MR) is 67.5 cm³/mol. The zero-order valence-electron chi connectivity index (χ0n) is 10.0. The number of nitrogens with zero attached hydrogens (tertiary/aromatic N) is 1. The number of hydrazine groups is 1. The number of aryl methyl sites for hydroxylation is 1. The molecular formula is C12H12F3N3S. The van der Waals surface area contributed by atoms with Gasteiger partial charge in [-0.05, 0) is 18.6 Å². The molecule has 0 radical (unpaired) electrons. The summed E-state index contributed by atoms with van der Waals surface area (Å²) >= 11 is 1.31. The van der Waals surface area contributed by atoms with Gasteiger partial charge in [0.25, 0.3) is 0 Å². The van der Waals surface area contributed by atoms with Crippen molar-refractivity contribution in [1.82, 2.24) is 10.4 Å². The first-order valence-electron chi connectivity index (χ1n) is 5.48. The first-order valence-corrected chi connectivity index (χ1v) is 6.29. The van der Waals surface area contributed by atoms with E-state index in [4.69, 9.17) is 5.84 Å². The van der Waals surface area contributed by atoms with Gasteiger partial charge >= 0.3 is 6.18 Å². The van der Waals surface area contributed by atoms with Gasteiger partial charge in [0.1, 0.15) is 0 Å². The van der Waals surface area contributed by atoms with Crippen LogP contribution in [0.4, 0.5) is 13.2 Å². The molecule has 0 fully saturated rings. The van der Waals surface area contributed by atoms with Crippen LogP contribution >= 0.6 is 11.3 Å². The topological polar surface area (TPSA) is 50.9 Å². The molecule has 1 unspecified atom stereocenters. The fraction of sp³-hybridized carbons (Fsp3) is 0.250. The van der Waals surface area contributed by atoms with Crippen LogP contribution < -0.4 is 11.3 Å². The maximum atomic E-state index is 13.0. The number of benzene rings is 1. The lowest BCUT2D eigenvalue weighted by Crippen LogP contribution is -2.30. The van der Waals surface area contributed by atoms with Crippen molar-refractivity contribution in [2.24, 2.45) is 5.84 Å². The Labute approximate surface area is 112 Å². The molecule has 0 aliphatic carbocycles. The minimum absolute atomic E-state index is 0.0983. The van der Waals surface area contributed by atoms with E-state index >= 15 is 0 Å². The van der Waals surface area contributed by atoms with Crippen molar-refractivity contribution in [3.8, 4) is 0 Å². The average molecular weight is 287 g/mol. The Hall–Kier alpha value is -1.44. The van der Waals surface area contributed by atoms with E-state index in [1.807, 2.05) is 0 Å². The van der Waals surface area contributed by atoms with Crippen LogP contribution in [0, 0.1) is 6.92 Å². The number of alkyl halides is 3. The zero-order valence-corrected chi connectivity index (χ0v) is 10.8. The lowest BCUT2D eigenvalue weighted by molar-refractivity contribution is -0.138. The molecule has 0 bridgehead atoms. The van der Waals surface area contributed by atoms with Crippen molar-refractivity contribution in [3.63, 3.8) is 0 Å². The molecule has 3 nitrogen and oxygen atoms in total. The van der Waals surface area contributed by atoms with Crippen molar-refractivity contribution in [2.45, 2.75) is 19.1 Å². The van der Waals surface area contributed by atoms with E-state index in [9.17, 15) is 13.2 Å². The normalized spacial score (nSPS) is 13.5. The van der Waals surface area contributed by atoms with E-state index in [-0.39, 0.29) is 5.56 Å². The summed E-state index contributed by atoms with van der Waals surface area (Å²) in [4.78, 5) is 4.69. The second kappa shape index (κ2) is 5.28.